The molecule has 14 heteroatoms. The number of hydrogen-bond acceptors (Lipinski definition) is 4. The zero-order valence-corrected chi connectivity index (χ0v) is 17.6. The molecule has 0 atom stereocenters. The van der Waals surface area contributed by atoms with E-state index in [0.717, 1.165) is 18.2 Å². The third-order valence-corrected chi connectivity index (χ3v) is 5.23. The van der Waals surface area contributed by atoms with Crippen molar-refractivity contribution in [2.24, 2.45) is 5.92 Å². The second-order valence-corrected chi connectivity index (χ2v) is 8.04. The molecule has 0 amide bonds. The lowest BCUT2D eigenvalue weighted by Crippen LogP contribution is -2.25. The van der Waals surface area contributed by atoms with E-state index in [0.29, 0.717) is 12.1 Å². The van der Waals surface area contributed by atoms with Crippen LogP contribution < -0.4 is 4.74 Å². The summed E-state index contributed by atoms with van der Waals surface area (Å²) < 4.78 is 82.4. The molecule has 0 heterocycles. The summed E-state index contributed by atoms with van der Waals surface area (Å²) in [5, 5.41) is 17.0. The Labute approximate surface area is 189 Å². The highest BCUT2D eigenvalue weighted by Crippen LogP contribution is 2.44. The van der Waals surface area contributed by atoms with Crippen LogP contribution >= 0.6 is 35.0 Å². The van der Waals surface area contributed by atoms with Gasteiger partial charge in [-0.2, -0.15) is 26.3 Å². The fourth-order valence-electron chi connectivity index (χ4n) is 2.44. The van der Waals surface area contributed by atoms with Crippen molar-refractivity contribution >= 4 is 46.9 Å². The number of rotatable bonds is 7. The Morgan fingerprint density at radius 1 is 0.969 bits per heavy atom. The lowest BCUT2D eigenvalue weighted by atomic mass is 9.99. The molecule has 0 aliphatic carbocycles. The van der Waals surface area contributed by atoms with E-state index < -0.39 is 74.0 Å². The summed E-state index contributed by atoms with van der Waals surface area (Å²) in [4.78, 5) is 21.8. The van der Waals surface area contributed by atoms with E-state index in [2.05, 4.69) is 0 Å². The van der Waals surface area contributed by atoms with E-state index in [4.69, 9.17) is 38.2 Å². The largest absolute Gasteiger partial charge is 0.481 e. The highest BCUT2D eigenvalue weighted by Gasteiger charge is 2.34. The molecule has 2 aromatic carbocycles. The number of thioether (sulfide) groups is 1. The summed E-state index contributed by atoms with van der Waals surface area (Å²) in [7, 11) is 0. The topological polar surface area (TPSA) is 83.8 Å². The minimum atomic E-state index is -4.76. The average molecular weight is 523 g/mol. The first-order valence-corrected chi connectivity index (χ1v) is 9.74. The Morgan fingerprint density at radius 2 is 1.50 bits per heavy atom. The second kappa shape index (κ2) is 9.67. The minimum Gasteiger partial charge on any atom is -0.481 e. The fraction of sp³-hybridized carbons (Fsp3) is 0.222. The normalized spacial score (nSPS) is 12.2. The number of alkyl halides is 6. The van der Waals surface area contributed by atoms with Gasteiger partial charge in [-0.15, -0.1) is 0 Å². The van der Waals surface area contributed by atoms with Crippen molar-refractivity contribution in [1.29, 1.82) is 0 Å². The molecule has 0 saturated heterocycles. The lowest BCUT2D eigenvalue weighted by molar-refractivity contribution is -0.154. The maximum atomic E-state index is 12.8. The first-order chi connectivity index (χ1) is 14.6. The van der Waals surface area contributed by atoms with Gasteiger partial charge in [0.1, 0.15) is 5.75 Å². The Morgan fingerprint density at radius 3 is 1.94 bits per heavy atom. The molecular weight excluding hydrogens is 513 g/mol. The van der Waals surface area contributed by atoms with Crippen LogP contribution in [0.5, 0.6) is 11.5 Å². The zero-order chi connectivity index (χ0) is 24.4. The van der Waals surface area contributed by atoms with Crippen LogP contribution in [0.15, 0.2) is 35.2 Å². The van der Waals surface area contributed by atoms with E-state index in [9.17, 15) is 35.9 Å². The molecule has 0 unspecified atom stereocenters. The fourth-order valence-corrected chi connectivity index (χ4v) is 3.67. The molecule has 0 spiro atoms. The van der Waals surface area contributed by atoms with Gasteiger partial charge in [0, 0.05) is 4.90 Å². The van der Waals surface area contributed by atoms with Gasteiger partial charge >= 0.3 is 23.6 Å². The molecule has 2 rings (SSSR count). The third kappa shape index (κ3) is 6.84. The first kappa shape index (κ1) is 25.9. The highest BCUT2D eigenvalue weighted by atomic mass is 35.5. The number of ether oxygens (including phenoxy) is 1. The van der Waals surface area contributed by atoms with E-state index in [1.807, 2.05) is 0 Å². The maximum Gasteiger partial charge on any atom is 0.446 e. The van der Waals surface area contributed by atoms with E-state index in [1.54, 1.807) is 0 Å². The van der Waals surface area contributed by atoms with Crippen molar-refractivity contribution in [1.82, 2.24) is 0 Å². The average Bonchev–Trinajstić information content (AvgIpc) is 2.61. The summed E-state index contributed by atoms with van der Waals surface area (Å²) in [6.07, 6.45) is -5.58. The van der Waals surface area contributed by atoms with Crippen molar-refractivity contribution in [3.63, 3.8) is 0 Å². The van der Waals surface area contributed by atoms with Crippen LogP contribution in [0.2, 0.25) is 10.0 Å². The number of benzene rings is 2. The van der Waals surface area contributed by atoms with Crippen molar-refractivity contribution in [3.8, 4) is 11.5 Å². The number of carboxylic acids is 2. The minimum absolute atomic E-state index is 0.260. The van der Waals surface area contributed by atoms with Crippen molar-refractivity contribution < 1.29 is 50.9 Å². The van der Waals surface area contributed by atoms with Gasteiger partial charge in [-0.3, -0.25) is 9.59 Å². The quantitative estimate of drug-likeness (QED) is 0.238. The number of hydrogen-bond donors (Lipinski definition) is 2. The lowest BCUT2D eigenvalue weighted by Gasteiger charge is -2.17. The van der Waals surface area contributed by atoms with Gasteiger partial charge in [-0.25, -0.2) is 0 Å². The highest BCUT2D eigenvalue weighted by molar-refractivity contribution is 8.00. The van der Waals surface area contributed by atoms with Gasteiger partial charge in [0.15, 0.2) is 11.7 Å². The molecule has 174 valence electrons. The number of aliphatic carboxylic acids is 2. The van der Waals surface area contributed by atoms with E-state index in [1.165, 1.54) is 0 Å². The number of carbonyl (C=O) groups is 2. The first-order valence-electron chi connectivity index (χ1n) is 8.17. The Bertz CT molecular complexity index is 1000. The molecule has 0 saturated carbocycles. The smallest absolute Gasteiger partial charge is 0.446 e. The third-order valence-electron chi connectivity index (χ3n) is 3.82. The monoisotopic (exact) mass is 522 g/mol. The Hall–Kier alpha value is -2.31. The summed E-state index contributed by atoms with van der Waals surface area (Å²) in [6.45, 7) is 0. The van der Waals surface area contributed by atoms with Crippen molar-refractivity contribution in [2.75, 3.05) is 0 Å². The predicted octanol–water partition coefficient (Wildman–Crippen LogP) is 6.74. The van der Waals surface area contributed by atoms with Crippen LogP contribution in [0.25, 0.3) is 0 Å². The van der Waals surface area contributed by atoms with Crippen LogP contribution in [0, 0.1) is 5.92 Å². The molecule has 0 aliphatic rings. The van der Waals surface area contributed by atoms with Gasteiger partial charge < -0.3 is 14.9 Å². The van der Waals surface area contributed by atoms with Gasteiger partial charge in [0.25, 0.3) is 0 Å². The molecular formula is C18H10Cl2F6O5S. The van der Waals surface area contributed by atoms with Gasteiger partial charge in [0.2, 0.25) is 0 Å². The number of halogens is 8. The van der Waals surface area contributed by atoms with Crippen LogP contribution in [-0.2, 0) is 22.2 Å². The van der Waals surface area contributed by atoms with Gasteiger partial charge in [-0.1, -0.05) is 23.2 Å². The van der Waals surface area contributed by atoms with E-state index in [-0.39, 0.29) is 11.3 Å². The van der Waals surface area contributed by atoms with Crippen LogP contribution in [-0.4, -0.2) is 27.7 Å². The van der Waals surface area contributed by atoms with Gasteiger partial charge in [-0.05, 0) is 54.1 Å². The van der Waals surface area contributed by atoms with Crippen LogP contribution in [0.1, 0.15) is 11.1 Å². The second-order valence-electron chi connectivity index (χ2n) is 6.12. The molecule has 2 N–H and O–H groups in total. The summed E-state index contributed by atoms with van der Waals surface area (Å²) in [5.74, 6) is -6.31. The maximum absolute atomic E-state index is 12.8. The molecule has 32 heavy (non-hydrogen) atoms. The molecule has 0 fully saturated rings. The van der Waals surface area contributed by atoms with E-state index >= 15 is 0 Å². The molecule has 0 aromatic heterocycles. The number of carboxylic acid groups (broad SMARTS) is 2. The molecule has 2 aromatic rings. The molecule has 5 nitrogen and oxygen atoms in total. The Kier molecular flexibility index (Phi) is 7.84. The Balaban J connectivity index is 2.48. The molecule has 0 aliphatic heterocycles. The summed E-state index contributed by atoms with van der Waals surface area (Å²) >= 11 is 11.0. The van der Waals surface area contributed by atoms with Gasteiger partial charge in [0.05, 0.1) is 15.6 Å². The van der Waals surface area contributed by atoms with Crippen molar-refractivity contribution in [2.45, 2.75) is 23.0 Å². The molecule has 0 radical (unpaired) electrons. The zero-order valence-electron chi connectivity index (χ0n) is 15.2. The van der Waals surface area contributed by atoms with Crippen molar-refractivity contribution in [3.05, 3.63) is 51.5 Å². The predicted molar refractivity (Wildman–Crippen MR) is 102 cm³/mol. The summed E-state index contributed by atoms with van der Waals surface area (Å²) in [6, 6.07) is 3.90. The standard InChI is InChI=1S/C18H10Cl2F6O5S/c19-11-5-8(17(21,22)23)6-12(20)14(11)31-9-1-2-13(32-18(24,25)26)7(3-9)4-10(15(27)28)16(29)30/h1-3,5-6,10H,4H2,(H,27,28)(H,29,30). The molecule has 0 bridgehead atoms. The summed E-state index contributed by atoms with van der Waals surface area (Å²) in [5.41, 5.74) is -6.26. The van der Waals surface area contributed by atoms with Crippen LogP contribution in [0.4, 0.5) is 26.3 Å². The van der Waals surface area contributed by atoms with Crippen LogP contribution in [0.3, 0.4) is 0 Å². The SMILES string of the molecule is O=C(O)C(Cc1cc(Oc2c(Cl)cc(C(F)(F)F)cc2Cl)ccc1SC(F)(F)F)C(=O)O.